The van der Waals surface area contributed by atoms with Crippen LogP contribution in [0, 0.1) is 0 Å². The van der Waals surface area contributed by atoms with Gasteiger partial charge in [0, 0.05) is 12.6 Å². The van der Waals surface area contributed by atoms with Gasteiger partial charge in [0.1, 0.15) is 18.2 Å². The Morgan fingerprint density at radius 1 is 1.47 bits per heavy atom. The number of nitrogens with zero attached hydrogens (tertiary/aromatic N) is 3. The smallest absolute Gasteiger partial charge is 0.325 e. The first-order valence-corrected chi connectivity index (χ1v) is 5.28. The van der Waals surface area contributed by atoms with Gasteiger partial charge in [-0.1, -0.05) is 6.92 Å². The predicted octanol–water partition coefficient (Wildman–Crippen LogP) is 0.0304. The predicted molar refractivity (Wildman–Crippen MR) is 65.4 cm³/mol. The van der Waals surface area contributed by atoms with Gasteiger partial charge in [-0.15, -0.1) is 0 Å². The molecule has 0 aliphatic carbocycles. The van der Waals surface area contributed by atoms with Crippen molar-refractivity contribution in [3.05, 3.63) is 6.07 Å². The van der Waals surface area contributed by atoms with Gasteiger partial charge < -0.3 is 21.1 Å². The Morgan fingerprint density at radius 2 is 2.18 bits per heavy atom. The van der Waals surface area contributed by atoms with E-state index in [1.165, 1.54) is 7.11 Å². The van der Waals surface area contributed by atoms with Crippen molar-refractivity contribution in [3.63, 3.8) is 0 Å². The number of esters is 1. The molecule has 17 heavy (non-hydrogen) atoms. The Kier molecular flexibility index (Phi) is 4.50. The molecule has 0 amide bonds. The van der Waals surface area contributed by atoms with Crippen LogP contribution in [-0.2, 0) is 9.53 Å². The van der Waals surface area contributed by atoms with Crippen LogP contribution < -0.4 is 16.4 Å². The highest BCUT2D eigenvalue weighted by Crippen LogP contribution is 2.15. The molecule has 0 saturated carbocycles. The molecular weight excluding hydrogens is 222 g/mol. The molecule has 0 unspecified atom stereocenters. The van der Waals surface area contributed by atoms with Gasteiger partial charge in [0.15, 0.2) is 0 Å². The van der Waals surface area contributed by atoms with E-state index in [-0.39, 0.29) is 24.3 Å². The van der Waals surface area contributed by atoms with Crippen LogP contribution in [0.2, 0.25) is 0 Å². The van der Waals surface area contributed by atoms with Gasteiger partial charge in [0.05, 0.1) is 7.11 Å². The van der Waals surface area contributed by atoms with E-state index in [1.54, 1.807) is 11.0 Å². The minimum absolute atomic E-state index is 0.0889. The van der Waals surface area contributed by atoms with Crippen LogP contribution >= 0.6 is 0 Å². The summed E-state index contributed by atoms with van der Waals surface area (Å²) in [4.78, 5) is 20.8. The SMILES string of the molecule is CCCN(CC(=O)OC)c1cc(N)nc(N)n1. The molecule has 7 heteroatoms. The summed E-state index contributed by atoms with van der Waals surface area (Å²) in [7, 11) is 1.34. The Hall–Kier alpha value is -2.05. The Labute approximate surface area is 99.8 Å². The zero-order chi connectivity index (χ0) is 12.8. The molecule has 1 aromatic rings. The van der Waals surface area contributed by atoms with Gasteiger partial charge in [0.2, 0.25) is 5.95 Å². The average Bonchev–Trinajstić information content (AvgIpc) is 2.27. The number of aromatic nitrogens is 2. The number of methoxy groups -OCH3 is 1. The third-order valence-electron chi connectivity index (χ3n) is 2.11. The molecule has 94 valence electrons. The van der Waals surface area contributed by atoms with Crippen molar-refractivity contribution in [3.8, 4) is 0 Å². The van der Waals surface area contributed by atoms with Gasteiger partial charge in [-0.05, 0) is 6.42 Å². The lowest BCUT2D eigenvalue weighted by Crippen LogP contribution is -2.32. The summed E-state index contributed by atoms with van der Waals surface area (Å²) in [5, 5.41) is 0. The Bertz CT molecular complexity index is 376. The van der Waals surface area contributed by atoms with Gasteiger partial charge in [-0.3, -0.25) is 4.79 Å². The first-order chi connectivity index (χ1) is 8.06. The minimum Gasteiger partial charge on any atom is -0.468 e. The van der Waals surface area contributed by atoms with Gasteiger partial charge >= 0.3 is 5.97 Å². The van der Waals surface area contributed by atoms with Crippen molar-refractivity contribution in [2.24, 2.45) is 0 Å². The minimum atomic E-state index is -0.339. The van der Waals surface area contributed by atoms with E-state index in [1.807, 2.05) is 6.92 Å². The maximum absolute atomic E-state index is 11.3. The van der Waals surface area contributed by atoms with E-state index >= 15 is 0 Å². The number of carbonyl (C=O) groups excluding carboxylic acids is 1. The van der Waals surface area contributed by atoms with Crippen molar-refractivity contribution >= 4 is 23.6 Å². The largest absolute Gasteiger partial charge is 0.468 e. The lowest BCUT2D eigenvalue weighted by atomic mass is 10.3. The molecule has 4 N–H and O–H groups in total. The molecule has 0 aliphatic rings. The van der Waals surface area contributed by atoms with Crippen molar-refractivity contribution in [1.82, 2.24) is 9.97 Å². The second-order valence-electron chi connectivity index (χ2n) is 3.51. The van der Waals surface area contributed by atoms with Crippen LogP contribution in [0.25, 0.3) is 0 Å². The summed E-state index contributed by atoms with van der Waals surface area (Å²) in [5.41, 5.74) is 11.1. The highest BCUT2D eigenvalue weighted by atomic mass is 16.5. The lowest BCUT2D eigenvalue weighted by Gasteiger charge is -2.21. The van der Waals surface area contributed by atoms with Crippen molar-refractivity contribution in [2.45, 2.75) is 13.3 Å². The van der Waals surface area contributed by atoms with Gasteiger partial charge in [0.25, 0.3) is 0 Å². The summed E-state index contributed by atoms with van der Waals surface area (Å²) in [6, 6.07) is 1.58. The zero-order valence-electron chi connectivity index (χ0n) is 10.0. The molecule has 0 saturated heterocycles. The fourth-order valence-electron chi connectivity index (χ4n) is 1.40. The maximum Gasteiger partial charge on any atom is 0.325 e. The number of ether oxygens (including phenoxy) is 1. The average molecular weight is 239 g/mol. The molecule has 7 nitrogen and oxygen atoms in total. The fraction of sp³-hybridized carbons (Fsp3) is 0.500. The van der Waals surface area contributed by atoms with E-state index in [9.17, 15) is 4.79 Å². The third-order valence-corrected chi connectivity index (χ3v) is 2.11. The summed E-state index contributed by atoms with van der Waals surface area (Å²) >= 11 is 0. The number of nitrogens with two attached hydrogens (primary N) is 2. The molecule has 0 aliphatic heterocycles. The lowest BCUT2D eigenvalue weighted by molar-refractivity contribution is -0.138. The van der Waals surface area contributed by atoms with Gasteiger partial charge in [-0.25, -0.2) is 0 Å². The topological polar surface area (TPSA) is 107 Å². The van der Waals surface area contributed by atoms with Crippen molar-refractivity contribution in [1.29, 1.82) is 0 Å². The molecule has 1 heterocycles. The number of hydrogen-bond donors (Lipinski definition) is 2. The summed E-state index contributed by atoms with van der Waals surface area (Å²) < 4.78 is 4.62. The van der Waals surface area contributed by atoms with E-state index < -0.39 is 0 Å². The van der Waals surface area contributed by atoms with Crippen LogP contribution in [0.15, 0.2) is 6.07 Å². The van der Waals surface area contributed by atoms with E-state index in [2.05, 4.69) is 14.7 Å². The van der Waals surface area contributed by atoms with E-state index in [0.29, 0.717) is 12.4 Å². The van der Waals surface area contributed by atoms with Crippen LogP contribution in [-0.4, -0.2) is 36.1 Å². The zero-order valence-corrected chi connectivity index (χ0v) is 10.0. The molecule has 0 radical (unpaired) electrons. The number of hydrogen-bond acceptors (Lipinski definition) is 7. The first kappa shape index (κ1) is 13.0. The summed E-state index contributed by atoms with van der Waals surface area (Å²) in [6.07, 6.45) is 0.862. The summed E-state index contributed by atoms with van der Waals surface area (Å²) in [5.74, 6) is 0.556. The summed E-state index contributed by atoms with van der Waals surface area (Å²) in [6.45, 7) is 2.77. The fourth-order valence-corrected chi connectivity index (χ4v) is 1.40. The Balaban J connectivity index is 2.91. The number of rotatable bonds is 5. The van der Waals surface area contributed by atoms with Gasteiger partial charge in [-0.2, -0.15) is 9.97 Å². The molecule has 1 rings (SSSR count). The molecule has 0 fully saturated rings. The highest BCUT2D eigenvalue weighted by Gasteiger charge is 2.13. The number of anilines is 3. The standard InChI is InChI=1S/C10H17N5O2/c1-3-4-15(6-9(16)17-2)8-5-7(11)13-10(12)14-8/h5H,3-4,6H2,1-2H3,(H4,11,12,13,14). The quantitative estimate of drug-likeness (QED) is 0.698. The molecule has 1 aromatic heterocycles. The number of nitrogen functional groups attached to an aromatic ring is 2. The van der Waals surface area contributed by atoms with Crippen LogP contribution in [0.4, 0.5) is 17.6 Å². The Morgan fingerprint density at radius 3 is 2.71 bits per heavy atom. The second kappa shape index (κ2) is 5.88. The van der Waals surface area contributed by atoms with Crippen LogP contribution in [0.5, 0.6) is 0 Å². The first-order valence-electron chi connectivity index (χ1n) is 5.28. The monoisotopic (exact) mass is 239 g/mol. The molecule has 0 bridgehead atoms. The molecular formula is C10H17N5O2. The van der Waals surface area contributed by atoms with Crippen LogP contribution in [0.1, 0.15) is 13.3 Å². The van der Waals surface area contributed by atoms with E-state index in [4.69, 9.17) is 11.5 Å². The van der Waals surface area contributed by atoms with Crippen LogP contribution in [0.3, 0.4) is 0 Å². The third kappa shape index (κ3) is 3.78. The second-order valence-corrected chi connectivity index (χ2v) is 3.51. The molecule has 0 aromatic carbocycles. The highest BCUT2D eigenvalue weighted by molar-refractivity contribution is 5.75. The molecule has 0 atom stereocenters. The van der Waals surface area contributed by atoms with E-state index in [0.717, 1.165) is 6.42 Å². The van der Waals surface area contributed by atoms with Crippen molar-refractivity contribution < 1.29 is 9.53 Å². The normalized spacial score (nSPS) is 10.0. The number of carbonyl (C=O) groups is 1. The molecule has 0 spiro atoms. The van der Waals surface area contributed by atoms with Crippen molar-refractivity contribution in [2.75, 3.05) is 36.6 Å². The maximum atomic E-state index is 11.3.